The summed E-state index contributed by atoms with van der Waals surface area (Å²) in [6, 6.07) is 7.12. The minimum absolute atomic E-state index is 0.0129. The van der Waals surface area contributed by atoms with Crippen molar-refractivity contribution in [2.45, 2.75) is 16.0 Å². The van der Waals surface area contributed by atoms with Crippen LogP contribution in [0.25, 0.3) is 0 Å². The molecular weight excluding hydrogens is 406 g/mol. The molecule has 0 amide bonds. The first-order valence-electron chi connectivity index (χ1n) is 7.16. The summed E-state index contributed by atoms with van der Waals surface area (Å²) in [5, 5.41) is 3.01. The van der Waals surface area contributed by atoms with Crippen LogP contribution in [0.4, 0.5) is 11.4 Å². The summed E-state index contributed by atoms with van der Waals surface area (Å²) in [5.41, 5.74) is 0.626. The highest BCUT2D eigenvalue weighted by Crippen LogP contribution is 2.31. The Bertz CT molecular complexity index is 969. The number of sulfonamides is 2. The highest BCUT2D eigenvalue weighted by atomic mass is 35.5. The highest BCUT2D eigenvalue weighted by molar-refractivity contribution is 7.94. The molecule has 2 aromatic rings. The molecule has 2 N–H and O–H groups in total. The maximum Gasteiger partial charge on any atom is 0.271 e. The number of nitrogens with zero attached hydrogens (tertiary/aromatic N) is 1. The van der Waals surface area contributed by atoms with Gasteiger partial charge < -0.3 is 5.32 Å². The fraction of sp³-hybridized carbons (Fsp3) is 0.286. The molecule has 11 heteroatoms. The van der Waals surface area contributed by atoms with E-state index in [4.69, 9.17) is 11.6 Å². The fourth-order valence-electron chi connectivity index (χ4n) is 1.96. The molecule has 0 spiro atoms. The van der Waals surface area contributed by atoms with Gasteiger partial charge in [0.2, 0.25) is 10.0 Å². The number of nitrogens with one attached hydrogen (secondary N) is 2. The third kappa shape index (κ3) is 4.45. The van der Waals surface area contributed by atoms with E-state index < -0.39 is 20.0 Å². The molecular formula is C14H18ClN3O4S3. The Hall–Kier alpha value is -1.33. The van der Waals surface area contributed by atoms with Crippen molar-refractivity contribution in [1.82, 2.24) is 4.31 Å². The zero-order valence-corrected chi connectivity index (χ0v) is 17.0. The van der Waals surface area contributed by atoms with Crippen LogP contribution in [0, 0.1) is 0 Å². The Kier molecular flexibility index (Phi) is 6.00. The maximum atomic E-state index is 12.5. The molecule has 2 rings (SSSR count). The number of rotatable bonds is 7. The average molecular weight is 424 g/mol. The van der Waals surface area contributed by atoms with Gasteiger partial charge in [0.15, 0.2) is 0 Å². The summed E-state index contributed by atoms with van der Waals surface area (Å²) in [7, 11) is -4.76. The SMILES string of the molecule is CCNc1ccc(S(=O)(=O)N(C)C)cc1NS(=O)(=O)c1ccc(Cl)s1. The minimum atomic E-state index is -3.88. The molecule has 0 saturated heterocycles. The lowest BCUT2D eigenvalue weighted by Crippen LogP contribution is -2.22. The van der Waals surface area contributed by atoms with Crippen molar-refractivity contribution in [1.29, 1.82) is 0 Å². The molecule has 0 aliphatic rings. The summed E-state index contributed by atoms with van der Waals surface area (Å²) < 4.78 is 53.5. The van der Waals surface area contributed by atoms with Gasteiger partial charge >= 0.3 is 0 Å². The first kappa shape index (κ1) is 20.0. The number of benzene rings is 1. The molecule has 0 fully saturated rings. The maximum absolute atomic E-state index is 12.5. The van der Waals surface area contributed by atoms with Gasteiger partial charge in [-0.15, -0.1) is 11.3 Å². The van der Waals surface area contributed by atoms with Crippen molar-refractivity contribution in [3.63, 3.8) is 0 Å². The van der Waals surface area contributed by atoms with E-state index in [1.807, 2.05) is 6.92 Å². The van der Waals surface area contributed by atoms with Gasteiger partial charge in [-0.3, -0.25) is 4.72 Å². The topological polar surface area (TPSA) is 95.6 Å². The molecule has 0 saturated carbocycles. The van der Waals surface area contributed by atoms with Crippen LogP contribution >= 0.6 is 22.9 Å². The molecule has 0 atom stereocenters. The van der Waals surface area contributed by atoms with Crippen LogP contribution in [0.2, 0.25) is 4.34 Å². The lowest BCUT2D eigenvalue weighted by molar-refractivity contribution is 0.521. The van der Waals surface area contributed by atoms with E-state index in [-0.39, 0.29) is 14.8 Å². The molecule has 1 aromatic heterocycles. The molecule has 1 heterocycles. The normalized spacial score (nSPS) is 12.4. The monoisotopic (exact) mass is 423 g/mol. The predicted octanol–water partition coefficient (Wildman–Crippen LogP) is 2.88. The average Bonchev–Trinajstić information content (AvgIpc) is 2.96. The summed E-state index contributed by atoms with van der Waals surface area (Å²) in [6.45, 7) is 2.39. The second-order valence-electron chi connectivity index (χ2n) is 5.19. The Labute approximate surface area is 156 Å². The molecule has 0 aliphatic heterocycles. The third-order valence-electron chi connectivity index (χ3n) is 3.19. The van der Waals surface area contributed by atoms with Gasteiger partial charge in [0.1, 0.15) is 4.21 Å². The smallest absolute Gasteiger partial charge is 0.271 e. The van der Waals surface area contributed by atoms with E-state index in [0.29, 0.717) is 16.6 Å². The number of hydrogen-bond acceptors (Lipinski definition) is 6. The highest BCUT2D eigenvalue weighted by Gasteiger charge is 2.22. The molecule has 0 bridgehead atoms. The zero-order valence-electron chi connectivity index (χ0n) is 13.8. The van der Waals surface area contributed by atoms with Crippen LogP contribution in [0.15, 0.2) is 39.4 Å². The van der Waals surface area contributed by atoms with Crippen LogP contribution < -0.4 is 10.0 Å². The Morgan fingerprint density at radius 2 is 1.76 bits per heavy atom. The van der Waals surface area contributed by atoms with E-state index in [1.165, 1.54) is 44.4 Å². The van der Waals surface area contributed by atoms with Gasteiger partial charge in [-0.05, 0) is 37.3 Å². The second kappa shape index (κ2) is 7.50. The van der Waals surface area contributed by atoms with Gasteiger partial charge in [0.25, 0.3) is 10.0 Å². The second-order valence-corrected chi connectivity index (χ2v) is 11.0. The van der Waals surface area contributed by atoms with E-state index in [1.54, 1.807) is 0 Å². The number of hydrogen-bond donors (Lipinski definition) is 2. The van der Waals surface area contributed by atoms with Crippen molar-refractivity contribution in [3.8, 4) is 0 Å². The first-order valence-corrected chi connectivity index (χ1v) is 11.3. The zero-order chi connectivity index (χ0) is 18.8. The van der Waals surface area contributed by atoms with E-state index in [9.17, 15) is 16.8 Å². The van der Waals surface area contributed by atoms with E-state index in [0.717, 1.165) is 15.6 Å². The fourth-order valence-corrected chi connectivity index (χ4v) is 5.44. The van der Waals surface area contributed by atoms with E-state index >= 15 is 0 Å². The van der Waals surface area contributed by atoms with Crippen molar-refractivity contribution in [3.05, 3.63) is 34.7 Å². The number of anilines is 2. The summed E-state index contributed by atoms with van der Waals surface area (Å²) in [5.74, 6) is 0. The molecule has 0 aliphatic carbocycles. The largest absolute Gasteiger partial charge is 0.384 e. The Balaban J connectivity index is 2.50. The summed E-state index contributed by atoms with van der Waals surface area (Å²) in [6.07, 6.45) is 0. The van der Waals surface area contributed by atoms with Crippen molar-refractivity contribution >= 4 is 54.4 Å². The van der Waals surface area contributed by atoms with Crippen LogP contribution in [-0.4, -0.2) is 41.8 Å². The van der Waals surface area contributed by atoms with Crippen LogP contribution in [0.5, 0.6) is 0 Å². The summed E-state index contributed by atoms with van der Waals surface area (Å²) >= 11 is 6.72. The molecule has 0 unspecified atom stereocenters. The van der Waals surface area contributed by atoms with Gasteiger partial charge in [-0.25, -0.2) is 21.1 Å². The number of thiophene rings is 1. The van der Waals surface area contributed by atoms with E-state index in [2.05, 4.69) is 10.0 Å². The van der Waals surface area contributed by atoms with Crippen molar-refractivity contribution < 1.29 is 16.8 Å². The van der Waals surface area contributed by atoms with Crippen molar-refractivity contribution in [2.24, 2.45) is 0 Å². The van der Waals surface area contributed by atoms with Gasteiger partial charge in [0, 0.05) is 20.6 Å². The number of halogens is 1. The van der Waals surface area contributed by atoms with Gasteiger partial charge in [-0.2, -0.15) is 0 Å². The molecule has 0 radical (unpaired) electrons. The summed E-state index contributed by atoms with van der Waals surface area (Å²) in [4.78, 5) is -0.0129. The lowest BCUT2D eigenvalue weighted by atomic mass is 10.2. The molecule has 138 valence electrons. The van der Waals surface area contributed by atoms with Gasteiger partial charge in [0.05, 0.1) is 20.6 Å². The standard InChI is InChI=1S/C14H18ClN3O4S3/c1-4-16-11-6-5-10(25(21,22)18(2)3)9-12(11)17-24(19,20)14-8-7-13(15)23-14/h5-9,16-17H,4H2,1-3H3. The van der Waals surface area contributed by atoms with Crippen molar-refractivity contribution in [2.75, 3.05) is 30.7 Å². The Morgan fingerprint density at radius 3 is 2.28 bits per heavy atom. The first-order chi connectivity index (χ1) is 11.6. The van der Waals surface area contributed by atoms with Gasteiger partial charge in [-0.1, -0.05) is 11.6 Å². The Morgan fingerprint density at radius 1 is 1.08 bits per heavy atom. The molecule has 1 aromatic carbocycles. The molecule has 25 heavy (non-hydrogen) atoms. The van der Waals surface area contributed by atoms with Crippen LogP contribution in [0.1, 0.15) is 6.92 Å². The predicted molar refractivity (Wildman–Crippen MR) is 102 cm³/mol. The molecule has 7 nitrogen and oxygen atoms in total. The lowest BCUT2D eigenvalue weighted by Gasteiger charge is -2.16. The van der Waals surface area contributed by atoms with Crippen LogP contribution in [0.3, 0.4) is 0 Å². The quantitative estimate of drug-likeness (QED) is 0.713. The third-order valence-corrected chi connectivity index (χ3v) is 8.09. The minimum Gasteiger partial charge on any atom is -0.384 e. The van der Waals surface area contributed by atoms with Crippen LogP contribution in [-0.2, 0) is 20.0 Å².